The number of piperazine rings is 1. The molecule has 7 heteroatoms. The lowest BCUT2D eigenvalue weighted by Gasteiger charge is -2.42. The Balaban J connectivity index is 0.00000361. The third kappa shape index (κ3) is 12.2. The van der Waals surface area contributed by atoms with Gasteiger partial charge >= 0.3 is 0 Å². The van der Waals surface area contributed by atoms with E-state index in [0.717, 1.165) is 76.1 Å². The summed E-state index contributed by atoms with van der Waals surface area (Å²) in [5, 5.41) is 3.44. The van der Waals surface area contributed by atoms with Gasteiger partial charge in [0, 0.05) is 54.8 Å². The van der Waals surface area contributed by atoms with Crippen molar-refractivity contribution in [1.29, 1.82) is 0 Å². The minimum atomic E-state index is -0.235. The number of nitrogens with one attached hydrogen (secondary N) is 1. The summed E-state index contributed by atoms with van der Waals surface area (Å²) in [6, 6.07) is 7.17. The average Bonchev–Trinajstić information content (AvgIpc) is 3.07. The van der Waals surface area contributed by atoms with Gasteiger partial charge in [0.05, 0.1) is 16.8 Å². The minimum Gasteiger partial charge on any atom is -0.369 e. The van der Waals surface area contributed by atoms with Crippen LogP contribution in [0.3, 0.4) is 0 Å². The molecule has 1 saturated heterocycles. The maximum atomic E-state index is 13.4. The third-order valence-corrected chi connectivity index (χ3v) is 9.35. The first-order valence-corrected chi connectivity index (χ1v) is 18.0. The van der Waals surface area contributed by atoms with Crippen LogP contribution >= 0.6 is 11.8 Å². The second-order valence-corrected chi connectivity index (χ2v) is 12.7. The van der Waals surface area contributed by atoms with Crippen LogP contribution in [0.4, 0.5) is 10.1 Å². The quantitative estimate of drug-likeness (QED) is 0.0638. The third-order valence-electron chi connectivity index (χ3n) is 8.35. The van der Waals surface area contributed by atoms with Crippen molar-refractivity contribution in [3.63, 3.8) is 0 Å². The molecule has 3 atom stereocenters. The number of allylic oxidation sites excluding steroid dienone is 6. The molecule has 5 nitrogen and oxygen atoms in total. The summed E-state index contributed by atoms with van der Waals surface area (Å²) in [5.41, 5.74) is 6.06. The molecular formula is C39H57FN4OS. The van der Waals surface area contributed by atoms with E-state index in [9.17, 15) is 9.18 Å². The monoisotopic (exact) mass is 648 g/mol. The molecule has 1 amide bonds. The summed E-state index contributed by atoms with van der Waals surface area (Å²) in [7, 11) is 0. The van der Waals surface area contributed by atoms with Crippen molar-refractivity contribution in [1.82, 2.24) is 10.2 Å². The van der Waals surface area contributed by atoms with Crippen molar-refractivity contribution in [2.45, 2.75) is 91.4 Å². The van der Waals surface area contributed by atoms with Crippen molar-refractivity contribution in [2.24, 2.45) is 10.9 Å². The van der Waals surface area contributed by atoms with Gasteiger partial charge in [-0.05, 0) is 69.5 Å². The standard InChI is InChI=1S/C37H51FN4OS.C2H6/c1-7-12-17-34(26-41-22-23-42(25-28(41)6)33-20-18-31(38)19-21-33)44-27-39-36(11-5)35(10-4)37(43)40-32-16-13-15-30(24-32)29(9-3)14-8-2;1-2/h9-11,13,16,18-21,24,27-28,30,34H,4-5,7-8,12,14-15,17,22-23,25-26H2,1-3,6H3,(H,40,43);1-2H3/b29-9+,36-35-,39-27?;. The number of halogens is 1. The first kappa shape index (κ1) is 39.0. The number of anilines is 1. The summed E-state index contributed by atoms with van der Waals surface area (Å²) < 4.78 is 13.4. The van der Waals surface area contributed by atoms with E-state index in [-0.39, 0.29) is 11.7 Å². The average molecular weight is 649 g/mol. The summed E-state index contributed by atoms with van der Waals surface area (Å²) in [4.78, 5) is 22.9. The SMILES string of the molecule is C=C/C(N=CSC(CCCC)CN1CCN(c2ccc(F)cc2)CC1C)=C(\C=C)C(=O)NC1=CC(/C(=C/C)CCC)CC=C1.CC. The molecule has 3 rings (SSSR count). The summed E-state index contributed by atoms with van der Waals surface area (Å²) in [6.07, 6.45) is 18.1. The minimum absolute atomic E-state index is 0.203. The molecule has 1 fully saturated rings. The van der Waals surface area contributed by atoms with E-state index in [1.807, 2.05) is 37.6 Å². The van der Waals surface area contributed by atoms with Crippen molar-refractivity contribution in [3.05, 3.63) is 102 Å². The Morgan fingerprint density at radius 3 is 2.50 bits per heavy atom. The van der Waals surface area contributed by atoms with Crippen molar-refractivity contribution in [2.75, 3.05) is 31.1 Å². The summed E-state index contributed by atoms with van der Waals surface area (Å²) in [5.74, 6) is -0.133. The van der Waals surface area contributed by atoms with Gasteiger partial charge in [-0.2, -0.15) is 0 Å². The molecule has 1 N–H and O–H groups in total. The number of aliphatic imine (C=N–C) groups is 1. The maximum Gasteiger partial charge on any atom is 0.257 e. The molecule has 46 heavy (non-hydrogen) atoms. The summed E-state index contributed by atoms with van der Waals surface area (Å²) in [6.45, 7) is 24.3. The van der Waals surface area contributed by atoms with Crippen molar-refractivity contribution in [3.8, 4) is 0 Å². The molecule has 0 radical (unpaired) electrons. The van der Waals surface area contributed by atoms with E-state index in [1.54, 1.807) is 23.9 Å². The second-order valence-electron chi connectivity index (χ2n) is 11.5. The van der Waals surface area contributed by atoms with Crippen LogP contribution in [0.1, 0.15) is 80.1 Å². The highest BCUT2D eigenvalue weighted by atomic mass is 32.2. The molecule has 0 saturated carbocycles. The molecule has 0 aromatic heterocycles. The van der Waals surface area contributed by atoms with Crippen LogP contribution in [0.5, 0.6) is 0 Å². The van der Waals surface area contributed by atoms with E-state index >= 15 is 0 Å². The number of hydrogen-bond donors (Lipinski definition) is 1. The number of nitrogens with zero attached hydrogens (tertiary/aromatic N) is 3. The number of unbranched alkanes of at least 4 members (excludes halogenated alkanes) is 1. The fourth-order valence-corrected chi connectivity index (χ4v) is 6.75. The van der Waals surface area contributed by atoms with Crippen molar-refractivity contribution < 1.29 is 9.18 Å². The Kier molecular flexibility index (Phi) is 18.3. The smallest absolute Gasteiger partial charge is 0.257 e. The van der Waals surface area contributed by atoms with Gasteiger partial charge in [-0.25, -0.2) is 9.38 Å². The van der Waals surface area contributed by atoms with E-state index in [1.165, 1.54) is 17.7 Å². The molecular weight excluding hydrogens is 592 g/mol. The number of hydrogen-bond acceptors (Lipinski definition) is 5. The van der Waals surface area contributed by atoms with Gasteiger partial charge in [0.25, 0.3) is 5.91 Å². The maximum absolute atomic E-state index is 13.4. The molecule has 1 aliphatic heterocycles. The molecule has 1 aliphatic carbocycles. The van der Waals surface area contributed by atoms with E-state index in [4.69, 9.17) is 4.99 Å². The van der Waals surface area contributed by atoms with Crippen LogP contribution in [0.15, 0.2) is 101 Å². The van der Waals surface area contributed by atoms with Gasteiger partial charge in [0.1, 0.15) is 5.82 Å². The highest BCUT2D eigenvalue weighted by Gasteiger charge is 2.26. The lowest BCUT2D eigenvalue weighted by molar-refractivity contribution is -0.116. The lowest BCUT2D eigenvalue weighted by Crippen LogP contribution is -2.53. The highest BCUT2D eigenvalue weighted by molar-refractivity contribution is 8.12. The predicted molar refractivity (Wildman–Crippen MR) is 200 cm³/mol. The topological polar surface area (TPSA) is 47.9 Å². The second kappa shape index (κ2) is 21.6. The van der Waals surface area contributed by atoms with Gasteiger partial charge in [-0.3, -0.25) is 9.69 Å². The number of amides is 1. The normalized spacial score (nSPS) is 19.9. The van der Waals surface area contributed by atoms with Crippen LogP contribution in [0, 0.1) is 11.7 Å². The van der Waals surface area contributed by atoms with Crippen molar-refractivity contribution >= 4 is 28.9 Å². The summed E-state index contributed by atoms with van der Waals surface area (Å²) >= 11 is 1.72. The molecule has 2 aliphatic rings. The fraction of sp³-hybridized carbons (Fsp3) is 0.487. The Morgan fingerprint density at radius 1 is 1.15 bits per heavy atom. The molecule has 3 unspecified atom stereocenters. The zero-order chi connectivity index (χ0) is 33.9. The Labute approximate surface area is 283 Å². The van der Waals surface area contributed by atoms with Crippen LogP contribution in [0.25, 0.3) is 0 Å². The van der Waals surface area contributed by atoms with E-state index in [0.29, 0.717) is 28.5 Å². The molecule has 252 valence electrons. The number of rotatable bonds is 16. The predicted octanol–water partition coefficient (Wildman–Crippen LogP) is 9.63. The number of benzene rings is 1. The zero-order valence-electron chi connectivity index (χ0n) is 29.1. The van der Waals surface area contributed by atoms with Gasteiger partial charge in [0.15, 0.2) is 0 Å². The highest BCUT2D eigenvalue weighted by Crippen LogP contribution is 2.27. The lowest BCUT2D eigenvalue weighted by atomic mass is 9.88. The van der Waals surface area contributed by atoms with Gasteiger partial charge in [-0.15, -0.1) is 11.8 Å². The molecule has 1 aromatic rings. The van der Waals surface area contributed by atoms with Crippen LogP contribution in [-0.2, 0) is 4.79 Å². The fourth-order valence-electron chi connectivity index (χ4n) is 5.82. The molecule has 0 spiro atoms. The molecule has 0 bridgehead atoms. The Morgan fingerprint density at radius 2 is 1.89 bits per heavy atom. The Hall–Kier alpha value is -3.16. The van der Waals surface area contributed by atoms with Crippen LogP contribution in [0.2, 0.25) is 0 Å². The van der Waals surface area contributed by atoms with Crippen LogP contribution in [-0.4, -0.2) is 53.8 Å². The van der Waals surface area contributed by atoms with Gasteiger partial charge in [0.2, 0.25) is 0 Å². The largest absolute Gasteiger partial charge is 0.369 e. The first-order valence-electron chi connectivity index (χ1n) is 17.1. The number of carbonyl (C=O) groups excluding carboxylic acids is 1. The zero-order valence-corrected chi connectivity index (χ0v) is 29.9. The number of thioether (sulfide) groups is 1. The number of carbonyl (C=O) groups is 1. The molecule has 1 heterocycles. The Bertz CT molecular complexity index is 1260. The van der Waals surface area contributed by atoms with E-state index in [2.05, 4.69) is 74.2 Å². The molecule has 1 aromatic carbocycles. The first-order chi connectivity index (χ1) is 22.3. The van der Waals surface area contributed by atoms with Crippen LogP contribution < -0.4 is 10.2 Å². The van der Waals surface area contributed by atoms with Gasteiger partial charge in [-0.1, -0.05) is 90.0 Å². The van der Waals surface area contributed by atoms with Gasteiger partial charge < -0.3 is 10.2 Å². The van der Waals surface area contributed by atoms with E-state index < -0.39 is 0 Å².